The fourth-order valence-corrected chi connectivity index (χ4v) is 0. The fourth-order valence-electron chi connectivity index (χ4n) is 0. The Hall–Kier alpha value is 1.05. The molecule has 0 radical (unpaired) electrons. The maximum absolute atomic E-state index is 9.75. The van der Waals surface area contributed by atoms with Gasteiger partial charge >= 0.3 is 59.3 Å². The van der Waals surface area contributed by atoms with Crippen molar-refractivity contribution < 1.29 is 79.3 Å². The first-order valence-electron chi connectivity index (χ1n) is 1.75. The van der Waals surface area contributed by atoms with E-state index in [-0.39, 0.29) is 44.8 Å². The van der Waals surface area contributed by atoms with E-state index in [0.29, 0.717) is 0 Å². The minimum Gasteiger partial charge on any atom is -0.418 e. The SMILES string of the molecule is F[B-](F)(F)F.F[B-](F)(F)F.[Ag+].[Ag+]. The molecule has 0 aliphatic heterocycles. The summed E-state index contributed by atoms with van der Waals surface area (Å²) in [6.45, 7) is 0. The van der Waals surface area contributed by atoms with Crippen LogP contribution in [0.25, 0.3) is 0 Å². The summed E-state index contributed by atoms with van der Waals surface area (Å²) in [4.78, 5) is 0. The molecule has 0 fully saturated rings. The van der Waals surface area contributed by atoms with Crippen LogP contribution in [0.15, 0.2) is 0 Å². The Kier molecular flexibility index (Phi) is 16.7. The zero-order chi connectivity index (χ0) is 9.00. The first kappa shape index (κ1) is 23.1. The summed E-state index contributed by atoms with van der Waals surface area (Å²) in [6, 6.07) is 0. The van der Waals surface area contributed by atoms with E-state index in [1.807, 2.05) is 0 Å². The maximum Gasteiger partial charge on any atom is 1.00 e. The van der Waals surface area contributed by atoms with E-state index in [1.165, 1.54) is 0 Å². The average molecular weight is 389 g/mol. The molecule has 0 aromatic carbocycles. The Balaban J connectivity index is -0.0000000457. The zero-order valence-electron chi connectivity index (χ0n) is 4.78. The van der Waals surface area contributed by atoms with Crippen LogP contribution in [0, 0.1) is 0 Å². The van der Waals surface area contributed by atoms with Crippen molar-refractivity contribution in [3.8, 4) is 0 Å². The molecule has 0 heterocycles. The van der Waals surface area contributed by atoms with Crippen LogP contribution in [-0.4, -0.2) is 14.5 Å². The van der Waals surface area contributed by atoms with Crippen molar-refractivity contribution in [3.05, 3.63) is 0 Å². The minimum absolute atomic E-state index is 0. The van der Waals surface area contributed by atoms with Crippen molar-refractivity contribution in [2.45, 2.75) is 0 Å². The largest absolute Gasteiger partial charge is 1.00 e. The zero-order valence-corrected chi connectivity index (χ0v) is 7.75. The van der Waals surface area contributed by atoms with Gasteiger partial charge in [-0.3, -0.25) is 0 Å². The van der Waals surface area contributed by atoms with Gasteiger partial charge in [0.15, 0.2) is 0 Å². The molecule has 0 spiro atoms. The molecule has 0 aromatic heterocycles. The van der Waals surface area contributed by atoms with E-state index in [9.17, 15) is 34.5 Å². The van der Waals surface area contributed by atoms with Crippen LogP contribution in [0.5, 0.6) is 0 Å². The third kappa shape index (κ3) is 1010. The molecular weight excluding hydrogens is 389 g/mol. The van der Waals surface area contributed by atoms with Crippen LogP contribution < -0.4 is 0 Å². The van der Waals surface area contributed by atoms with Gasteiger partial charge in [-0.1, -0.05) is 0 Å². The van der Waals surface area contributed by atoms with Crippen LogP contribution >= 0.6 is 0 Å². The second-order valence-corrected chi connectivity index (χ2v) is 0.990. The predicted octanol–water partition coefficient (Wildman–Crippen LogP) is 2.60. The monoisotopic (exact) mass is 388 g/mol. The molecule has 0 aliphatic rings. The predicted molar refractivity (Wildman–Crippen MR) is 20.4 cm³/mol. The van der Waals surface area contributed by atoms with Gasteiger partial charge in [-0.15, -0.1) is 0 Å². The van der Waals surface area contributed by atoms with Crippen LogP contribution in [-0.2, 0) is 44.8 Å². The topological polar surface area (TPSA) is 0 Å². The standard InChI is InChI=1S/2Ag.2BF4/c;;2*2-1(3,4)5/q2*+1;2*-1. The van der Waals surface area contributed by atoms with Gasteiger partial charge < -0.3 is 34.5 Å². The van der Waals surface area contributed by atoms with Gasteiger partial charge in [0.2, 0.25) is 0 Å². The summed E-state index contributed by atoms with van der Waals surface area (Å²) in [5.74, 6) is 0. The molecule has 0 amide bonds. The molecule has 0 saturated heterocycles. The van der Waals surface area contributed by atoms with Gasteiger partial charge in [0, 0.05) is 0 Å². The molecular formula is Ag2B2F8. The molecule has 0 aliphatic carbocycles. The molecule has 12 heavy (non-hydrogen) atoms. The van der Waals surface area contributed by atoms with E-state index < -0.39 is 14.5 Å². The first-order valence-corrected chi connectivity index (χ1v) is 1.75. The van der Waals surface area contributed by atoms with Crippen molar-refractivity contribution in [2.24, 2.45) is 0 Å². The number of hydrogen-bond acceptors (Lipinski definition) is 0. The molecule has 84 valence electrons. The van der Waals surface area contributed by atoms with E-state index in [0.717, 1.165) is 0 Å². The van der Waals surface area contributed by atoms with Crippen molar-refractivity contribution in [1.82, 2.24) is 0 Å². The summed E-state index contributed by atoms with van der Waals surface area (Å²) in [6.07, 6.45) is 0. The Morgan fingerprint density at radius 3 is 0.417 bits per heavy atom. The van der Waals surface area contributed by atoms with Gasteiger partial charge in [0.05, 0.1) is 0 Å². The van der Waals surface area contributed by atoms with E-state index >= 15 is 0 Å². The van der Waals surface area contributed by atoms with E-state index in [2.05, 4.69) is 0 Å². The maximum atomic E-state index is 9.75. The molecule has 0 N–H and O–H groups in total. The number of hydrogen-bond donors (Lipinski definition) is 0. The Morgan fingerprint density at radius 1 is 0.417 bits per heavy atom. The molecule has 0 unspecified atom stereocenters. The van der Waals surface area contributed by atoms with Crippen LogP contribution in [0.3, 0.4) is 0 Å². The quantitative estimate of drug-likeness (QED) is 0.441. The fraction of sp³-hybridized carbons (Fsp3) is 0. The average Bonchev–Trinajstić information content (AvgIpc) is 1.12. The summed E-state index contributed by atoms with van der Waals surface area (Å²) in [7, 11) is -12.0. The van der Waals surface area contributed by atoms with Crippen molar-refractivity contribution >= 4 is 14.5 Å². The molecule has 12 heteroatoms. The van der Waals surface area contributed by atoms with Crippen molar-refractivity contribution in [3.63, 3.8) is 0 Å². The normalized spacial score (nSPS) is 10.0. The molecule has 0 saturated carbocycles. The summed E-state index contributed by atoms with van der Waals surface area (Å²) in [5, 5.41) is 0. The Bertz CT molecular complexity index is 58.0. The summed E-state index contributed by atoms with van der Waals surface area (Å²) in [5.41, 5.74) is 0. The Morgan fingerprint density at radius 2 is 0.417 bits per heavy atom. The second kappa shape index (κ2) is 8.64. The Labute approximate surface area is 93.7 Å². The molecule has 0 atom stereocenters. The molecule has 0 aromatic rings. The summed E-state index contributed by atoms with van der Waals surface area (Å²) < 4.78 is 78.0. The van der Waals surface area contributed by atoms with Crippen molar-refractivity contribution in [2.75, 3.05) is 0 Å². The van der Waals surface area contributed by atoms with Crippen molar-refractivity contribution in [1.29, 1.82) is 0 Å². The van der Waals surface area contributed by atoms with E-state index in [1.54, 1.807) is 0 Å². The minimum atomic E-state index is -6.00. The smallest absolute Gasteiger partial charge is 0.418 e. The molecule has 0 nitrogen and oxygen atoms in total. The van der Waals surface area contributed by atoms with Gasteiger partial charge in [-0.25, -0.2) is 0 Å². The first-order chi connectivity index (χ1) is 4.00. The third-order valence-corrected chi connectivity index (χ3v) is 0. The number of halogens is 8. The number of rotatable bonds is 0. The van der Waals surface area contributed by atoms with Gasteiger partial charge in [-0.05, 0) is 0 Å². The van der Waals surface area contributed by atoms with E-state index in [4.69, 9.17) is 0 Å². The van der Waals surface area contributed by atoms with Gasteiger partial charge in [-0.2, -0.15) is 0 Å². The molecule has 0 rings (SSSR count). The third-order valence-electron chi connectivity index (χ3n) is 0. The second-order valence-electron chi connectivity index (χ2n) is 0.990. The van der Waals surface area contributed by atoms with Gasteiger partial charge in [0.25, 0.3) is 0 Å². The van der Waals surface area contributed by atoms with Crippen LogP contribution in [0.4, 0.5) is 34.5 Å². The summed E-state index contributed by atoms with van der Waals surface area (Å²) >= 11 is 0. The molecule has 0 bridgehead atoms. The van der Waals surface area contributed by atoms with Crippen LogP contribution in [0.1, 0.15) is 0 Å². The van der Waals surface area contributed by atoms with Gasteiger partial charge in [0.1, 0.15) is 0 Å². The van der Waals surface area contributed by atoms with Crippen LogP contribution in [0.2, 0.25) is 0 Å².